The van der Waals surface area contributed by atoms with Crippen molar-refractivity contribution in [2.75, 3.05) is 31.1 Å². The van der Waals surface area contributed by atoms with Crippen molar-refractivity contribution in [3.05, 3.63) is 54.6 Å². The Morgan fingerprint density at radius 1 is 0.921 bits per heavy atom. The van der Waals surface area contributed by atoms with Crippen LogP contribution in [0.15, 0.2) is 54.6 Å². The molecule has 1 N–H and O–H groups in total. The molecule has 8 heteroatoms. The minimum Gasteiger partial charge on any atom is -0.396 e. The van der Waals surface area contributed by atoms with Crippen LogP contribution < -0.4 is 4.90 Å². The predicted octanol–water partition coefficient (Wildman–Crippen LogP) is 2.92. The third kappa shape index (κ3) is 4.09. The molecule has 5 atom stereocenters. The van der Waals surface area contributed by atoms with Gasteiger partial charge in [-0.15, -0.1) is 0 Å². The van der Waals surface area contributed by atoms with E-state index in [-0.39, 0.29) is 24.3 Å². The molecule has 5 rings (SSSR count). The average Bonchev–Trinajstić information content (AvgIpc) is 3.12. The summed E-state index contributed by atoms with van der Waals surface area (Å²) in [4.78, 5) is 48.0. The van der Waals surface area contributed by atoms with Gasteiger partial charge in [0.15, 0.2) is 0 Å². The Labute approximate surface area is 224 Å². The van der Waals surface area contributed by atoms with Crippen LogP contribution >= 0.6 is 0 Å². The number of likely N-dealkylation sites (tertiary alicyclic amines) is 1. The molecule has 1 aromatic carbocycles. The van der Waals surface area contributed by atoms with Gasteiger partial charge in [-0.3, -0.25) is 14.4 Å². The van der Waals surface area contributed by atoms with Crippen LogP contribution in [0.4, 0.5) is 5.69 Å². The SMILES string of the molecule is CC(C)(C)N1CC=C[C@]23O[C@]4(C)C=CCN(c5ccccc5)C(=O)[C@@H]4[C@H]2C(=O)N(CCCCCO)C3C1=O. The Kier molecular flexibility index (Phi) is 6.76. The molecule has 1 spiro atoms. The van der Waals surface area contributed by atoms with Gasteiger partial charge >= 0.3 is 0 Å². The van der Waals surface area contributed by atoms with Crippen molar-refractivity contribution in [3.63, 3.8) is 0 Å². The highest BCUT2D eigenvalue weighted by Crippen LogP contribution is 2.57. The zero-order valence-electron chi connectivity index (χ0n) is 22.8. The molecule has 0 aromatic heterocycles. The van der Waals surface area contributed by atoms with Crippen molar-refractivity contribution < 1.29 is 24.2 Å². The van der Waals surface area contributed by atoms with Gasteiger partial charge in [0.25, 0.3) is 0 Å². The minimum atomic E-state index is -1.25. The standard InChI is InChI=1S/C30H39N3O5/c1-28(2,3)33-19-12-16-30-23(26(36)32(24(30)27(33)37)17-9-6-10-20-34)22-25(35)31(21-13-7-5-8-14-21)18-11-15-29(22,4)38-30/h5,7-8,11-16,22-24,34H,6,9-10,17-20H2,1-4H3/t22-,23-,24?,29+,30-/m0/s1. The number of para-hydroxylation sites is 1. The second-order valence-corrected chi connectivity index (χ2v) is 12.0. The quantitative estimate of drug-likeness (QED) is 0.459. The fraction of sp³-hybridized carbons (Fsp3) is 0.567. The molecule has 38 heavy (non-hydrogen) atoms. The maximum absolute atomic E-state index is 14.3. The van der Waals surface area contributed by atoms with Crippen LogP contribution in [-0.2, 0) is 19.1 Å². The van der Waals surface area contributed by atoms with Gasteiger partial charge in [-0.1, -0.05) is 42.5 Å². The number of carbonyl (C=O) groups excluding carboxylic acids is 3. The molecule has 4 aliphatic heterocycles. The predicted molar refractivity (Wildman–Crippen MR) is 144 cm³/mol. The number of hydrogen-bond acceptors (Lipinski definition) is 5. The Morgan fingerprint density at radius 2 is 1.63 bits per heavy atom. The first-order valence-electron chi connectivity index (χ1n) is 13.7. The number of carbonyl (C=O) groups is 3. The topological polar surface area (TPSA) is 90.4 Å². The highest BCUT2D eigenvalue weighted by molar-refractivity contribution is 6.04. The number of rotatable bonds is 6. The van der Waals surface area contributed by atoms with Gasteiger partial charge in [-0.05, 0) is 59.1 Å². The summed E-state index contributed by atoms with van der Waals surface area (Å²) in [7, 11) is 0. The summed E-state index contributed by atoms with van der Waals surface area (Å²) in [5.74, 6) is -2.14. The summed E-state index contributed by atoms with van der Waals surface area (Å²) in [5.41, 5.74) is -1.97. The summed E-state index contributed by atoms with van der Waals surface area (Å²) < 4.78 is 6.87. The zero-order chi connectivity index (χ0) is 27.3. The molecule has 1 aromatic rings. The summed E-state index contributed by atoms with van der Waals surface area (Å²) in [6.07, 6.45) is 9.69. The van der Waals surface area contributed by atoms with E-state index in [0.29, 0.717) is 32.5 Å². The molecule has 3 amide bonds. The maximum Gasteiger partial charge on any atom is 0.249 e. The molecule has 2 fully saturated rings. The highest BCUT2D eigenvalue weighted by Gasteiger charge is 2.74. The van der Waals surface area contributed by atoms with Crippen molar-refractivity contribution in [3.8, 4) is 0 Å². The number of nitrogens with zero attached hydrogens (tertiary/aromatic N) is 3. The number of aliphatic hydroxyl groups excluding tert-OH is 1. The third-order valence-corrected chi connectivity index (χ3v) is 8.49. The van der Waals surface area contributed by atoms with E-state index in [1.165, 1.54) is 0 Å². The van der Waals surface area contributed by atoms with Gasteiger partial charge in [0.1, 0.15) is 11.6 Å². The van der Waals surface area contributed by atoms with Crippen molar-refractivity contribution in [1.29, 1.82) is 0 Å². The number of unbranched alkanes of at least 4 members (excludes halogenated alkanes) is 2. The molecule has 0 radical (unpaired) electrons. The van der Waals surface area contributed by atoms with E-state index in [2.05, 4.69) is 0 Å². The zero-order valence-corrected chi connectivity index (χ0v) is 22.8. The fourth-order valence-corrected chi connectivity index (χ4v) is 6.78. The van der Waals surface area contributed by atoms with Crippen molar-refractivity contribution in [1.82, 2.24) is 9.80 Å². The van der Waals surface area contributed by atoms with E-state index in [1.807, 2.05) is 82.3 Å². The van der Waals surface area contributed by atoms with E-state index in [0.717, 1.165) is 12.1 Å². The highest BCUT2D eigenvalue weighted by atomic mass is 16.5. The third-order valence-electron chi connectivity index (χ3n) is 8.49. The molecule has 4 aliphatic rings. The second-order valence-electron chi connectivity index (χ2n) is 12.0. The number of benzene rings is 1. The normalized spacial score (nSPS) is 32.8. The molecule has 1 unspecified atom stereocenters. The van der Waals surface area contributed by atoms with Crippen molar-refractivity contribution in [2.45, 2.75) is 69.7 Å². The smallest absolute Gasteiger partial charge is 0.249 e. The van der Waals surface area contributed by atoms with E-state index >= 15 is 0 Å². The summed E-state index contributed by atoms with van der Waals surface area (Å²) in [5, 5.41) is 9.24. The molecular formula is C30H39N3O5. The Morgan fingerprint density at radius 3 is 2.32 bits per heavy atom. The van der Waals surface area contributed by atoms with Crippen LogP contribution in [-0.4, -0.2) is 81.7 Å². The van der Waals surface area contributed by atoms with Crippen LogP contribution in [0.25, 0.3) is 0 Å². The Hall–Kier alpha value is -2.97. The molecule has 0 bridgehead atoms. The van der Waals surface area contributed by atoms with Gasteiger partial charge < -0.3 is 24.5 Å². The van der Waals surface area contributed by atoms with E-state index in [4.69, 9.17) is 4.74 Å². The molecule has 8 nitrogen and oxygen atoms in total. The first-order valence-corrected chi connectivity index (χ1v) is 13.7. The lowest BCUT2D eigenvalue weighted by Crippen LogP contribution is -2.59. The van der Waals surface area contributed by atoms with Crippen LogP contribution in [0.3, 0.4) is 0 Å². The molecule has 2 saturated heterocycles. The van der Waals surface area contributed by atoms with Crippen molar-refractivity contribution in [2.24, 2.45) is 11.8 Å². The number of aliphatic hydroxyl groups is 1. The largest absolute Gasteiger partial charge is 0.396 e. The lowest BCUT2D eigenvalue weighted by molar-refractivity contribution is -0.154. The number of fused-ring (bicyclic) bond motifs is 2. The van der Waals surface area contributed by atoms with Gasteiger partial charge in [-0.2, -0.15) is 0 Å². The summed E-state index contributed by atoms with van der Waals surface area (Å²) in [6, 6.07) is 8.61. The maximum atomic E-state index is 14.3. The Bertz CT molecular complexity index is 1160. The lowest BCUT2D eigenvalue weighted by Gasteiger charge is -2.41. The number of hydrogen-bond donors (Lipinski definition) is 1. The number of amides is 3. The minimum absolute atomic E-state index is 0.0864. The second kappa shape index (κ2) is 9.65. The molecule has 204 valence electrons. The van der Waals surface area contributed by atoms with Crippen LogP contribution in [0.5, 0.6) is 0 Å². The van der Waals surface area contributed by atoms with E-state index in [1.54, 1.807) is 14.7 Å². The molecule has 0 aliphatic carbocycles. The fourth-order valence-electron chi connectivity index (χ4n) is 6.78. The average molecular weight is 522 g/mol. The van der Waals surface area contributed by atoms with Crippen LogP contribution in [0.1, 0.15) is 47.0 Å². The number of anilines is 1. The van der Waals surface area contributed by atoms with Crippen LogP contribution in [0, 0.1) is 11.8 Å². The molecule has 4 heterocycles. The van der Waals surface area contributed by atoms with Gasteiger partial charge in [0, 0.05) is 37.5 Å². The molecule has 0 saturated carbocycles. The Balaban J connectivity index is 1.60. The summed E-state index contributed by atoms with van der Waals surface area (Å²) in [6.45, 7) is 9.08. The number of ether oxygens (including phenoxy) is 1. The van der Waals surface area contributed by atoms with E-state index < -0.39 is 34.6 Å². The van der Waals surface area contributed by atoms with Crippen LogP contribution in [0.2, 0.25) is 0 Å². The molecular weight excluding hydrogens is 482 g/mol. The van der Waals surface area contributed by atoms with Gasteiger partial charge in [0.05, 0.1) is 17.4 Å². The first kappa shape index (κ1) is 26.6. The first-order chi connectivity index (χ1) is 18.0. The monoisotopic (exact) mass is 521 g/mol. The van der Waals surface area contributed by atoms with Gasteiger partial charge in [-0.25, -0.2) is 0 Å². The summed E-state index contributed by atoms with van der Waals surface area (Å²) >= 11 is 0. The van der Waals surface area contributed by atoms with Crippen molar-refractivity contribution >= 4 is 23.4 Å². The van der Waals surface area contributed by atoms with Gasteiger partial charge in [0.2, 0.25) is 17.7 Å². The van der Waals surface area contributed by atoms with E-state index in [9.17, 15) is 19.5 Å². The lowest BCUT2D eigenvalue weighted by atomic mass is 9.74.